The topological polar surface area (TPSA) is 76.8 Å². The van der Waals surface area contributed by atoms with Crippen LogP contribution in [0.3, 0.4) is 0 Å². The van der Waals surface area contributed by atoms with E-state index < -0.39 is 0 Å². The van der Waals surface area contributed by atoms with E-state index in [2.05, 4.69) is 34.3 Å². The molecule has 1 aromatic heterocycles. The van der Waals surface area contributed by atoms with Crippen LogP contribution in [0.4, 0.5) is 0 Å². The summed E-state index contributed by atoms with van der Waals surface area (Å²) < 4.78 is 12.8. The summed E-state index contributed by atoms with van der Waals surface area (Å²) in [5, 5.41) is 11.4. The lowest BCUT2D eigenvalue weighted by atomic mass is 10.2. The Labute approximate surface area is 161 Å². The number of hydrogen-bond donors (Lipinski definition) is 1. The predicted octanol–water partition coefficient (Wildman–Crippen LogP) is 1.96. The monoisotopic (exact) mass is 374 g/mol. The lowest BCUT2D eigenvalue weighted by Crippen LogP contribution is -2.38. The normalized spacial score (nSPS) is 11.4. The van der Waals surface area contributed by atoms with Gasteiger partial charge in [0.1, 0.15) is 23.7 Å². The molecule has 0 unspecified atom stereocenters. The van der Waals surface area contributed by atoms with Crippen molar-refractivity contribution < 1.29 is 9.47 Å². The molecular weight excluding hydrogens is 344 g/mol. The molecule has 0 bridgehead atoms. The summed E-state index contributed by atoms with van der Waals surface area (Å²) in [5.41, 5.74) is 1.07. The van der Waals surface area contributed by atoms with E-state index in [0.717, 1.165) is 48.4 Å². The Balaban J connectivity index is 2.06. The van der Waals surface area contributed by atoms with Gasteiger partial charge in [0, 0.05) is 44.7 Å². The average Bonchev–Trinajstić information content (AvgIpc) is 3.15. The number of nitrogens with one attached hydrogen (secondary N) is 1. The maximum absolute atomic E-state index is 5.50. The number of rotatable bonds is 9. The highest BCUT2D eigenvalue weighted by molar-refractivity contribution is 5.79. The molecule has 0 atom stereocenters. The second-order valence-electron chi connectivity index (χ2n) is 6.06. The highest BCUT2D eigenvalue weighted by Gasteiger charge is 2.11. The summed E-state index contributed by atoms with van der Waals surface area (Å²) in [6.45, 7) is 7.01. The van der Waals surface area contributed by atoms with Gasteiger partial charge in [-0.2, -0.15) is 0 Å². The van der Waals surface area contributed by atoms with Crippen molar-refractivity contribution >= 4 is 5.96 Å². The van der Waals surface area contributed by atoms with E-state index in [9.17, 15) is 0 Å². The number of hydrogen-bond acceptors (Lipinski definition) is 5. The Morgan fingerprint density at radius 2 is 2.07 bits per heavy atom. The van der Waals surface area contributed by atoms with Gasteiger partial charge in [-0.15, -0.1) is 10.2 Å². The van der Waals surface area contributed by atoms with Gasteiger partial charge in [-0.05, 0) is 19.1 Å². The van der Waals surface area contributed by atoms with Gasteiger partial charge in [0.25, 0.3) is 0 Å². The van der Waals surface area contributed by atoms with Crippen molar-refractivity contribution in [3.63, 3.8) is 0 Å². The van der Waals surface area contributed by atoms with Gasteiger partial charge < -0.3 is 24.3 Å². The zero-order valence-electron chi connectivity index (χ0n) is 16.9. The molecule has 8 heteroatoms. The summed E-state index contributed by atoms with van der Waals surface area (Å²) in [6.07, 6.45) is 2.62. The van der Waals surface area contributed by atoms with E-state index in [-0.39, 0.29) is 0 Å². The molecule has 2 aromatic rings. The molecule has 0 saturated heterocycles. The van der Waals surface area contributed by atoms with Crippen molar-refractivity contribution in [3.8, 4) is 11.5 Å². The third kappa shape index (κ3) is 5.60. The smallest absolute Gasteiger partial charge is 0.194 e. The molecule has 2 rings (SSSR count). The number of nitrogens with zero attached hydrogens (tertiary/aromatic N) is 5. The molecule has 1 N–H and O–H groups in total. The van der Waals surface area contributed by atoms with Crippen LogP contribution >= 0.6 is 0 Å². The quantitative estimate of drug-likeness (QED) is 0.534. The molecule has 1 heterocycles. The van der Waals surface area contributed by atoms with Crippen molar-refractivity contribution in [2.45, 2.75) is 33.4 Å². The van der Waals surface area contributed by atoms with Gasteiger partial charge in [-0.1, -0.05) is 6.92 Å². The van der Waals surface area contributed by atoms with Gasteiger partial charge in [0.15, 0.2) is 5.96 Å². The standard InChI is InChI=1S/C19H30N6O2/c1-6-18-23-22-14-25(18)11-10-21-19(20-7-2)24(3)13-15-8-9-16(26-4)12-17(15)27-5/h8-9,12,14H,6-7,10-11,13H2,1-5H3,(H,20,21). The first kappa shape index (κ1) is 20.5. The van der Waals surface area contributed by atoms with E-state index >= 15 is 0 Å². The number of benzene rings is 1. The van der Waals surface area contributed by atoms with Crippen LogP contribution in [0.1, 0.15) is 25.2 Å². The third-order valence-corrected chi connectivity index (χ3v) is 4.21. The fourth-order valence-corrected chi connectivity index (χ4v) is 2.79. The number of aryl methyl sites for hydroxylation is 1. The second kappa shape index (κ2) is 10.4. The molecular formula is C19H30N6O2. The molecule has 27 heavy (non-hydrogen) atoms. The van der Waals surface area contributed by atoms with Gasteiger partial charge in [0.2, 0.25) is 0 Å². The van der Waals surface area contributed by atoms with Crippen molar-refractivity contribution in [2.75, 3.05) is 34.4 Å². The molecule has 0 spiro atoms. The van der Waals surface area contributed by atoms with Crippen LogP contribution in [0.5, 0.6) is 11.5 Å². The van der Waals surface area contributed by atoms with E-state index in [0.29, 0.717) is 13.1 Å². The maximum atomic E-state index is 5.50. The zero-order chi connectivity index (χ0) is 19.6. The van der Waals surface area contributed by atoms with Crippen LogP contribution in [0, 0.1) is 0 Å². The molecule has 0 radical (unpaired) electrons. The van der Waals surface area contributed by atoms with Gasteiger partial charge >= 0.3 is 0 Å². The Morgan fingerprint density at radius 1 is 1.26 bits per heavy atom. The summed E-state index contributed by atoms with van der Waals surface area (Å²) in [5.74, 6) is 3.40. The predicted molar refractivity (Wildman–Crippen MR) is 106 cm³/mol. The largest absolute Gasteiger partial charge is 0.497 e. The fourth-order valence-electron chi connectivity index (χ4n) is 2.79. The minimum absolute atomic E-state index is 0.650. The number of ether oxygens (including phenoxy) is 2. The molecule has 0 amide bonds. The highest BCUT2D eigenvalue weighted by Crippen LogP contribution is 2.25. The van der Waals surface area contributed by atoms with Gasteiger partial charge in [0.05, 0.1) is 20.8 Å². The number of aromatic nitrogens is 3. The summed E-state index contributed by atoms with van der Waals surface area (Å²) in [7, 11) is 5.33. The first-order chi connectivity index (χ1) is 13.1. The maximum Gasteiger partial charge on any atom is 0.194 e. The summed E-state index contributed by atoms with van der Waals surface area (Å²) in [4.78, 5) is 6.82. The molecule has 0 fully saturated rings. The van der Waals surface area contributed by atoms with Gasteiger partial charge in [-0.3, -0.25) is 4.99 Å². The van der Waals surface area contributed by atoms with Crippen LogP contribution in [-0.4, -0.2) is 60.0 Å². The average molecular weight is 374 g/mol. The van der Waals surface area contributed by atoms with E-state index in [1.54, 1.807) is 20.5 Å². The Morgan fingerprint density at radius 3 is 2.74 bits per heavy atom. The molecule has 0 saturated carbocycles. The second-order valence-corrected chi connectivity index (χ2v) is 6.06. The van der Waals surface area contributed by atoms with E-state index in [4.69, 9.17) is 14.5 Å². The van der Waals surface area contributed by atoms with Crippen molar-refractivity contribution in [3.05, 3.63) is 35.9 Å². The zero-order valence-corrected chi connectivity index (χ0v) is 16.9. The van der Waals surface area contributed by atoms with E-state index in [1.165, 1.54) is 0 Å². The SMILES string of the molecule is CCNC(=NCCn1cnnc1CC)N(C)Cc1ccc(OC)cc1OC. The minimum Gasteiger partial charge on any atom is -0.497 e. The van der Waals surface area contributed by atoms with Crippen LogP contribution in [0.25, 0.3) is 0 Å². The summed E-state index contributed by atoms with van der Waals surface area (Å²) in [6, 6.07) is 5.85. The summed E-state index contributed by atoms with van der Waals surface area (Å²) >= 11 is 0. The van der Waals surface area contributed by atoms with Crippen molar-refractivity contribution in [2.24, 2.45) is 4.99 Å². The Bertz CT molecular complexity index is 744. The van der Waals surface area contributed by atoms with Gasteiger partial charge in [-0.25, -0.2) is 0 Å². The molecule has 0 aliphatic heterocycles. The van der Waals surface area contributed by atoms with Crippen LogP contribution in [-0.2, 0) is 19.5 Å². The van der Waals surface area contributed by atoms with Crippen LogP contribution in [0.15, 0.2) is 29.5 Å². The lowest BCUT2D eigenvalue weighted by Gasteiger charge is -2.23. The lowest BCUT2D eigenvalue weighted by molar-refractivity contribution is 0.382. The minimum atomic E-state index is 0.650. The van der Waals surface area contributed by atoms with Crippen LogP contribution in [0.2, 0.25) is 0 Å². The number of guanidine groups is 1. The molecule has 0 aliphatic rings. The molecule has 0 aliphatic carbocycles. The van der Waals surface area contributed by atoms with Crippen LogP contribution < -0.4 is 14.8 Å². The molecule has 1 aromatic carbocycles. The highest BCUT2D eigenvalue weighted by atomic mass is 16.5. The van der Waals surface area contributed by atoms with Crippen molar-refractivity contribution in [1.82, 2.24) is 25.0 Å². The number of aliphatic imine (C=N–C) groups is 1. The first-order valence-electron chi connectivity index (χ1n) is 9.19. The fraction of sp³-hybridized carbons (Fsp3) is 0.526. The number of methoxy groups -OCH3 is 2. The third-order valence-electron chi connectivity index (χ3n) is 4.21. The van der Waals surface area contributed by atoms with Crippen molar-refractivity contribution in [1.29, 1.82) is 0 Å². The first-order valence-corrected chi connectivity index (χ1v) is 9.19. The van der Waals surface area contributed by atoms with E-state index in [1.807, 2.05) is 29.8 Å². The molecule has 148 valence electrons. The Hall–Kier alpha value is -2.77. The Kier molecular flexibility index (Phi) is 7.91. The molecule has 8 nitrogen and oxygen atoms in total.